The molecular formula is C22H22N4O8. The molecule has 0 radical (unpaired) electrons. The summed E-state index contributed by atoms with van der Waals surface area (Å²) in [4.78, 5) is 59.6. The summed E-state index contributed by atoms with van der Waals surface area (Å²) in [6, 6.07) is 10.6. The van der Waals surface area contributed by atoms with Gasteiger partial charge in [-0.15, -0.1) is 0 Å². The number of nitro groups is 1. The minimum absolute atomic E-state index is 0.113. The molecule has 34 heavy (non-hydrogen) atoms. The van der Waals surface area contributed by atoms with Crippen LogP contribution in [0.1, 0.15) is 22.3 Å². The van der Waals surface area contributed by atoms with Crippen LogP contribution in [-0.2, 0) is 19.1 Å². The van der Waals surface area contributed by atoms with E-state index in [0.29, 0.717) is 5.56 Å². The molecule has 12 nitrogen and oxygen atoms in total. The van der Waals surface area contributed by atoms with Gasteiger partial charge in [-0.3, -0.25) is 39.7 Å². The van der Waals surface area contributed by atoms with Gasteiger partial charge in [0.25, 0.3) is 17.5 Å². The number of carbonyl (C=O) groups excluding carboxylic acids is 4. The zero-order chi connectivity index (χ0) is 24.8. The third kappa shape index (κ3) is 5.85. The minimum atomic E-state index is -0.885. The average molecular weight is 470 g/mol. The van der Waals surface area contributed by atoms with Crippen LogP contribution in [0.5, 0.6) is 5.75 Å². The molecule has 2 N–H and O–H groups in total. The van der Waals surface area contributed by atoms with E-state index in [1.54, 1.807) is 18.2 Å². The topological polar surface area (TPSA) is 157 Å². The van der Waals surface area contributed by atoms with Crippen LogP contribution in [0.2, 0.25) is 0 Å². The number of ether oxygens (including phenoxy) is 2. The van der Waals surface area contributed by atoms with Crippen LogP contribution in [0.4, 0.5) is 11.4 Å². The van der Waals surface area contributed by atoms with Crippen molar-refractivity contribution in [3.8, 4) is 5.75 Å². The Morgan fingerprint density at radius 1 is 1.21 bits per heavy atom. The molecule has 3 rings (SSSR count). The number of rotatable bonds is 8. The Morgan fingerprint density at radius 2 is 1.97 bits per heavy atom. The van der Waals surface area contributed by atoms with Gasteiger partial charge in [0.15, 0.2) is 6.61 Å². The van der Waals surface area contributed by atoms with E-state index in [9.17, 15) is 29.3 Å². The number of carbonyl (C=O) groups is 4. The maximum absolute atomic E-state index is 12.4. The zero-order valence-electron chi connectivity index (χ0n) is 18.4. The van der Waals surface area contributed by atoms with E-state index in [2.05, 4.69) is 10.7 Å². The van der Waals surface area contributed by atoms with Crippen molar-refractivity contribution in [3.63, 3.8) is 0 Å². The fraction of sp³-hybridized carbons (Fsp3) is 0.273. The molecule has 12 heteroatoms. The van der Waals surface area contributed by atoms with E-state index in [0.717, 1.165) is 10.6 Å². The summed E-state index contributed by atoms with van der Waals surface area (Å²) in [5.74, 6) is -3.18. The van der Waals surface area contributed by atoms with Gasteiger partial charge in [-0.05, 0) is 25.1 Å². The Morgan fingerprint density at radius 3 is 2.65 bits per heavy atom. The van der Waals surface area contributed by atoms with Gasteiger partial charge in [-0.1, -0.05) is 17.7 Å². The molecule has 1 saturated heterocycles. The van der Waals surface area contributed by atoms with Crippen molar-refractivity contribution in [2.45, 2.75) is 13.3 Å². The van der Waals surface area contributed by atoms with Crippen molar-refractivity contribution in [2.75, 3.05) is 25.6 Å². The molecule has 1 heterocycles. The number of methoxy groups -OCH3 is 1. The number of anilines is 1. The number of nitro benzene ring substituents is 1. The highest BCUT2D eigenvalue weighted by molar-refractivity contribution is 5.97. The third-order valence-corrected chi connectivity index (χ3v) is 5.00. The quantitative estimate of drug-likeness (QED) is 0.334. The smallest absolute Gasteiger partial charge is 0.311 e. The first-order chi connectivity index (χ1) is 16.2. The molecule has 1 aliphatic heterocycles. The van der Waals surface area contributed by atoms with Gasteiger partial charge in [-0.2, -0.15) is 0 Å². The van der Waals surface area contributed by atoms with Crippen molar-refractivity contribution >= 4 is 35.1 Å². The molecule has 2 aromatic rings. The summed E-state index contributed by atoms with van der Waals surface area (Å²) in [5.41, 5.74) is 3.22. The van der Waals surface area contributed by atoms with E-state index in [1.165, 1.54) is 25.3 Å². The number of nitrogens with one attached hydrogen (secondary N) is 2. The normalized spacial score (nSPS) is 14.9. The number of esters is 1. The van der Waals surface area contributed by atoms with Crippen LogP contribution in [-0.4, -0.2) is 53.9 Å². The predicted molar refractivity (Wildman–Crippen MR) is 118 cm³/mol. The largest absolute Gasteiger partial charge is 0.497 e. The SMILES string of the molecule is COc1ccc([N+](=O)[O-])c(NC(=O)COC(=O)[C@@H]2CC(=O)N(NC(=O)c3cccc(C)c3)C2)c1. The van der Waals surface area contributed by atoms with Crippen molar-refractivity contribution in [1.29, 1.82) is 0 Å². The molecule has 0 saturated carbocycles. The number of hydrogen-bond acceptors (Lipinski definition) is 8. The summed E-state index contributed by atoms with van der Waals surface area (Å²) >= 11 is 0. The standard InChI is InChI=1S/C22H22N4O8/c1-13-4-3-5-14(8-13)21(29)24-25-11-15(9-20(25)28)22(30)34-12-19(27)23-17-10-16(33-2)6-7-18(17)26(31)32/h3-8,10,15H,9,11-12H2,1-2H3,(H,23,27)(H,24,29)/t15-/m1/s1. The van der Waals surface area contributed by atoms with Crippen molar-refractivity contribution in [2.24, 2.45) is 5.92 Å². The number of aryl methyl sites for hydroxylation is 1. The second kappa shape index (κ2) is 10.4. The van der Waals surface area contributed by atoms with E-state index in [4.69, 9.17) is 9.47 Å². The van der Waals surface area contributed by atoms with E-state index in [-0.39, 0.29) is 30.1 Å². The maximum Gasteiger partial charge on any atom is 0.311 e. The molecule has 0 spiro atoms. The first kappa shape index (κ1) is 24.2. The number of benzene rings is 2. The van der Waals surface area contributed by atoms with Crippen LogP contribution in [0.3, 0.4) is 0 Å². The lowest BCUT2D eigenvalue weighted by Crippen LogP contribution is -2.43. The average Bonchev–Trinajstić information content (AvgIpc) is 3.17. The van der Waals surface area contributed by atoms with E-state index >= 15 is 0 Å². The summed E-state index contributed by atoms with van der Waals surface area (Å²) in [6.07, 6.45) is -0.199. The van der Waals surface area contributed by atoms with Crippen molar-refractivity contribution in [1.82, 2.24) is 10.4 Å². The molecule has 1 aliphatic rings. The predicted octanol–water partition coefficient (Wildman–Crippen LogP) is 1.59. The highest BCUT2D eigenvalue weighted by Gasteiger charge is 2.36. The molecule has 0 unspecified atom stereocenters. The molecule has 178 valence electrons. The lowest BCUT2D eigenvalue weighted by Gasteiger charge is -2.17. The van der Waals surface area contributed by atoms with Crippen molar-refractivity contribution < 1.29 is 33.6 Å². The van der Waals surface area contributed by atoms with Gasteiger partial charge in [0.1, 0.15) is 11.4 Å². The van der Waals surface area contributed by atoms with E-state index < -0.39 is 41.1 Å². The Bertz CT molecular complexity index is 1150. The van der Waals surface area contributed by atoms with Gasteiger partial charge >= 0.3 is 5.97 Å². The molecule has 1 fully saturated rings. The maximum atomic E-state index is 12.4. The minimum Gasteiger partial charge on any atom is -0.497 e. The van der Waals surface area contributed by atoms with E-state index in [1.807, 2.05) is 13.0 Å². The number of amides is 3. The first-order valence-electron chi connectivity index (χ1n) is 10.1. The lowest BCUT2D eigenvalue weighted by molar-refractivity contribution is -0.383. The second-order valence-corrected chi connectivity index (χ2v) is 7.51. The summed E-state index contributed by atoms with van der Waals surface area (Å²) in [7, 11) is 1.37. The molecule has 1 atom stereocenters. The van der Waals surface area contributed by atoms with Crippen LogP contribution in [0.25, 0.3) is 0 Å². The Kier molecular flexibility index (Phi) is 7.41. The van der Waals surface area contributed by atoms with Gasteiger partial charge in [0.05, 0.1) is 24.5 Å². The molecular weight excluding hydrogens is 448 g/mol. The molecule has 0 aliphatic carbocycles. The van der Waals surface area contributed by atoms with Crippen molar-refractivity contribution in [3.05, 3.63) is 63.7 Å². The van der Waals surface area contributed by atoms with Gasteiger partial charge in [0, 0.05) is 24.1 Å². The van der Waals surface area contributed by atoms with Crippen LogP contribution >= 0.6 is 0 Å². The molecule has 2 aromatic carbocycles. The first-order valence-corrected chi connectivity index (χ1v) is 10.1. The Hall–Kier alpha value is -4.48. The second-order valence-electron chi connectivity index (χ2n) is 7.51. The van der Waals surface area contributed by atoms with Crippen LogP contribution in [0.15, 0.2) is 42.5 Å². The molecule has 0 aromatic heterocycles. The van der Waals surface area contributed by atoms with Crippen LogP contribution < -0.4 is 15.5 Å². The summed E-state index contributed by atoms with van der Waals surface area (Å²) in [6.45, 7) is 0.998. The molecule has 3 amide bonds. The van der Waals surface area contributed by atoms with Gasteiger partial charge < -0.3 is 14.8 Å². The zero-order valence-corrected chi connectivity index (χ0v) is 18.4. The number of hydrazine groups is 1. The fourth-order valence-electron chi connectivity index (χ4n) is 3.29. The number of nitrogens with zero attached hydrogens (tertiary/aromatic N) is 2. The lowest BCUT2D eigenvalue weighted by atomic mass is 10.1. The van der Waals surface area contributed by atoms with Gasteiger partial charge in [-0.25, -0.2) is 0 Å². The third-order valence-electron chi connectivity index (χ3n) is 5.00. The van der Waals surface area contributed by atoms with Crippen LogP contribution in [0, 0.1) is 23.0 Å². The Labute approximate surface area is 193 Å². The highest BCUT2D eigenvalue weighted by Crippen LogP contribution is 2.28. The highest BCUT2D eigenvalue weighted by atomic mass is 16.6. The Balaban J connectivity index is 1.53. The summed E-state index contributed by atoms with van der Waals surface area (Å²) < 4.78 is 9.97. The number of hydrogen-bond donors (Lipinski definition) is 2. The summed E-state index contributed by atoms with van der Waals surface area (Å²) in [5, 5.41) is 14.5. The fourth-order valence-corrected chi connectivity index (χ4v) is 3.29. The van der Waals surface area contributed by atoms with Gasteiger partial charge in [0.2, 0.25) is 5.91 Å². The molecule has 0 bridgehead atoms. The monoisotopic (exact) mass is 470 g/mol.